The Kier molecular flexibility index (Phi) is 51.9. The van der Waals surface area contributed by atoms with Crippen LogP contribution in [0, 0.1) is 120 Å². The van der Waals surface area contributed by atoms with Gasteiger partial charge in [0.15, 0.2) is 0 Å². The number of unbranched alkanes of at least 4 members (excludes halogenated alkanes) is 3. The Morgan fingerprint density at radius 2 is 0.551 bits per heavy atom. The number of nitrogens with one attached hydrogen (secondary N) is 2. The Morgan fingerprint density at radius 3 is 0.822 bits per heavy atom. The molecule has 0 aliphatic carbocycles. The molecule has 0 aromatic carbocycles. The summed E-state index contributed by atoms with van der Waals surface area (Å²) >= 11 is 0. The van der Waals surface area contributed by atoms with Crippen molar-refractivity contribution in [3.63, 3.8) is 0 Å². The van der Waals surface area contributed by atoms with E-state index in [4.69, 9.17) is 5.53 Å². The Balaban J connectivity index is 0.0000120. The van der Waals surface area contributed by atoms with Crippen molar-refractivity contribution in [2.24, 2.45) is 5.11 Å². The van der Waals surface area contributed by atoms with Crippen molar-refractivity contribution in [2.45, 2.75) is 43.8 Å². The molecule has 0 bridgehead atoms. The maximum Gasteiger partial charge on any atom is 0.317 e. The summed E-state index contributed by atoms with van der Waals surface area (Å²) in [6, 6.07) is -4.22. The number of carboxylic acid groups (broad SMARTS) is 9. The van der Waals surface area contributed by atoms with E-state index in [0.717, 1.165) is 0 Å². The Labute approximate surface area is 780 Å². The fraction of sp³-hybridized carbons (Fsp3) is 0.783. The molecule has 3 unspecified atom stereocenters. The number of hydrogen-bond donors (Lipinski definition) is 11. The molecule has 0 aromatic heterocycles. The number of rotatable bonds is 34. The van der Waals surface area contributed by atoms with Gasteiger partial charge in [-0.25, -0.2) is 0 Å². The molecule has 0 aromatic rings. The van der Waals surface area contributed by atoms with Crippen molar-refractivity contribution >= 4 is 89.2 Å². The average molecular weight is 2110 g/mol. The molecular formula is C69H116Gd3N22O24. The van der Waals surface area contributed by atoms with Crippen LogP contribution in [0.15, 0.2) is 5.11 Å². The van der Waals surface area contributed by atoms with E-state index in [1.165, 1.54) is 24.5 Å². The van der Waals surface area contributed by atoms with Crippen LogP contribution in [0.2, 0.25) is 0 Å². The maximum atomic E-state index is 16.1. The number of carboxylic acids is 9. The van der Waals surface area contributed by atoms with Crippen molar-refractivity contribution in [3.05, 3.63) is 10.4 Å². The number of amides is 6. The van der Waals surface area contributed by atoms with Crippen LogP contribution in [-0.2, 0) is 71.9 Å². The first-order valence-electron chi connectivity index (χ1n) is 38.9. The van der Waals surface area contributed by atoms with Gasteiger partial charge in [-0.15, -0.1) is 0 Å². The second-order valence-electron chi connectivity index (χ2n) is 29.6. The first-order chi connectivity index (χ1) is 54.8. The van der Waals surface area contributed by atoms with Crippen molar-refractivity contribution in [3.8, 4) is 0 Å². The van der Waals surface area contributed by atoms with Crippen LogP contribution < -0.4 is 10.6 Å². The average Bonchev–Trinajstić information content (AvgIpc) is 0.776. The van der Waals surface area contributed by atoms with E-state index >= 15 is 14.4 Å². The first-order valence-corrected chi connectivity index (χ1v) is 38.9. The summed E-state index contributed by atoms with van der Waals surface area (Å²) in [5.41, 5.74) is 8.79. The second kappa shape index (κ2) is 57.3. The monoisotopic (exact) mass is 2110 g/mol. The third kappa shape index (κ3) is 40.9. The Morgan fingerprint density at radius 1 is 0.305 bits per heavy atom. The molecule has 6 fully saturated rings. The molecule has 6 saturated heterocycles. The number of piperazine rings is 3. The topological polar surface area (TPSA) is 566 Å². The van der Waals surface area contributed by atoms with E-state index < -0.39 is 166 Å². The molecule has 0 saturated carbocycles. The minimum absolute atomic E-state index is 0. The second-order valence-corrected chi connectivity index (χ2v) is 29.6. The van der Waals surface area contributed by atoms with Crippen LogP contribution in [0.3, 0.4) is 0 Å². The predicted octanol–water partition coefficient (Wildman–Crippen LogP) is -8.72. The van der Waals surface area contributed by atoms with Crippen molar-refractivity contribution in [1.82, 2.24) is 93.9 Å². The fourth-order valence-corrected chi connectivity index (χ4v) is 14.8. The number of azide groups is 1. The van der Waals surface area contributed by atoms with Crippen LogP contribution >= 0.6 is 0 Å². The largest absolute Gasteiger partial charge is 0.480 e. The van der Waals surface area contributed by atoms with E-state index in [1.807, 2.05) is 0 Å². The fourth-order valence-electron chi connectivity index (χ4n) is 14.8. The molecule has 3 atom stereocenters. The Hall–Kier alpha value is -5.19. The van der Waals surface area contributed by atoms with E-state index in [2.05, 4.69) is 20.7 Å². The van der Waals surface area contributed by atoms with Gasteiger partial charge in [0.05, 0.1) is 91.6 Å². The van der Waals surface area contributed by atoms with Gasteiger partial charge in [-0.2, -0.15) is 0 Å². The van der Waals surface area contributed by atoms with Gasteiger partial charge in [0.1, 0.15) is 18.1 Å². The number of carbonyl (C=O) groups is 15. The van der Waals surface area contributed by atoms with Crippen LogP contribution in [-0.4, -0.2) is 544 Å². The van der Waals surface area contributed by atoms with Crippen molar-refractivity contribution in [1.29, 1.82) is 0 Å². The molecule has 6 amide bonds. The van der Waals surface area contributed by atoms with Crippen LogP contribution in [0.25, 0.3) is 10.4 Å². The van der Waals surface area contributed by atoms with Crippen LogP contribution in [0.5, 0.6) is 0 Å². The molecule has 6 aliphatic rings. The zero-order valence-corrected chi connectivity index (χ0v) is 73.3. The van der Waals surface area contributed by atoms with E-state index in [9.17, 15) is 103 Å². The minimum atomic E-state index is -1.56. The van der Waals surface area contributed by atoms with Gasteiger partial charge in [-0.05, 0) is 18.4 Å². The van der Waals surface area contributed by atoms with Crippen molar-refractivity contribution in [2.75, 3.05) is 308 Å². The van der Waals surface area contributed by atoms with Crippen molar-refractivity contribution < 1.29 is 238 Å². The van der Waals surface area contributed by atoms with Gasteiger partial charge in [0, 0.05) is 341 Å². The molecule has 6 aliphatic heterocycles. The van der Waals surface area contributed by atoms with Gasteiger partial charge in [0.2, 0.25) is 35.4 Å². The molecule has 6 heterocycles. The van der Waals surface area contributed by atoms with Gasteiger partial charge in [-0.3, -0.25) is 131 Å². The maximum absolute atomic E-state index is 16.1. The van der Waals surface area contributed by atoms with E-state index in [1.54, 1.807) is 58.8 Å². The van der Waals surface area contributed by atoms with Gasteiger partial charge in [-0.1, -0.05) is 18.0 Å². The predicted molar refractivity (Wildman–Crippen MR) is 404 cm³/mol. The van der Waals surface area contributed by atoms with E-state index in [-0.39, 0.29) is 369 Å². The number of nitrogens with zero attached hydrogens (tertiary/aromatic N) is 20. The third-order valence-corrected chi connectivity index (χ3v) is 21.1. The summed E-state index contributed by atoms with van der Waals surface area (Å²) in [5, 5.41) is 98.1. The molecule has 6 rings (SSSR count). The Bertz CT molecular complexity index is 3270. The minimum Gasteiger partial charge on any atom is -0.480 e. The number of carbonyl (C=O) groups excluding carboxylic acids is 6. The molecule has 0 radical (unpaired) electrons. The summed E-state index contributed by atoms with van der Waals surface area (Å²) in [7, 11) is 0. The molecule has 0 spiro atoms. The molecule has 46 nitrogen and oxygen atoms in total. The molecular weight excluding hydrogens is 1990 g/mol. The van der Waals surface area contributed by atoms with Gasteiger partial charge < -0.3 is 81.1 Å². The van der Waals surface area contributed by atoms with E-state index in [0.29, 0.717) is 25.7 Å². The summed E-state index contributed by atoms with van der Waals surface area (Å²) in [6.07, 6.45) is 2.23. The first kappa shape index (κ1) is 107. The summed E-state index contributed by atoms with van der Waals surface area (Å²) in [4.78, 5) is 229. The molecule has 11 N–H and O–H groups in total. The summed E-state index contributed by atoms with van der Waals surface area (Å²) in [6.45, 7) is -3.93. The van der Waals surface area contributed by atoms with Gasteiger partial charge in [0.25, 0.3) is 0 Å². The zero-order valence-electron chi connectivity index (χ0n) is 66.4. The summed E-state index contributed by atoms with van der Waals surface area (Å²) < 4.78 is 0. The quantitative estimate of drug-likeness (QED) is 0.0123. The third-order valence-electron chi connectivity index (χ3n) is 21.1. The zero-order chi connectivity index (χ0) is 84.1. The molecule has 49 heteroatoms. The van der Waals surface area contributed by atoms with Crippen LogP contribution in [0.1, 0.15) is 25.7 Å². The summed E-state index contributed by atoms with van der Waals surface area (Å²) in [5.74, 6) is -14.1. The van der Waals surface area contributed by atoms with Gasteiger partial charge >= 0.3 is 53.7 Å². The standard InChI is InChI=1S/C69H116N22O24.3Gd/c70-74-73-6-4-2-1-3-5-72-67(113)53-38-88(56(93)41-76-11-17-80(45-60(99)100)23-29-85(50-65(109)110)30-24-81(18-12-76)46-61(101)102)33-35-90(53)69(115)54-39-89(57(94)42-77-13-19-82(47-62(103)104)25-31-86(51-66(111)112)32-26-83(20-14-77)48-63(105)106)34-36-91(54)68(114)52-37-87(8-7-71-52)55(92)40-75-9-15-78(43-58(95)96)21-27-84(49-64(107)108)28-22-79(16-10-75)44-59(97)98;;;/h52-54,71H,1-51H2,(H,72,113)(H,95,96)(H,97,98)(H,99,100)(H,101,102)(H,103,104)(H,105,106)(H,107,108)(H,109,110)(H,111,112);;;. The SMILES string of the molecule is [Gd].[Gd].[Gd].[N-]=[N+]=NCCCCCCNC(=O)C1CN(C(=O)CN2CCN(CC(=O)O)CCN(CC(=O)O)CCN(CC(=O)O)CC2)CCN1C(=O)C1CN(C(=O)CN2CCN(CC(=O)O)CCN(CC(=O)O)CCN(CC(=O)O)CC2)CCN1C(=O)C1CN(C(=O)CN2CCN(CC(=O)O)CCN(CC(=O)O)CCN(CC(=O)O)CC2)CCN1. The number of aliphatic carboxylic acids is 9. The van der Waals surface area contributed by atoms with Crippen LogP contribution in [0.4, 0.5) is 0 Å². The normalized spacial score (nSPS) is 21.4. The smallest absolute Gasteiger partial charge is 0.317 e. The molecule has 670 valence electrons. The molecule has 118 heavy (non-hydrogen) atoms. The number of hydrogen-bond acceptors (Lipinski definition) is 29.